The highest BCUT2D eigenvalue weighted by atomic mass is 79.9. The molecule has 0 saturated carbocycles. The second-order valence-corrected chi connectivity index (χ2v) is 8.66. The molecule has 31 heavy (non-hydrogen) atoms. The van der Waals surface area contributed by atoms with Crippen molar-refractivity contribution in [2.45, 2.75) is 13.0 Å². The first-order chi connectivity index (χ1) is 15.0. The molecule has 1 aromatic carbocycles. The van der Waals surface area contributed by atoms with Crippen LogP contribution in [0.5, 0.6) is 0 Å². The van der Waals surface area contributed by atoms with E-state index >= 15 is 0 Å². The van der Waals surface area contributed by atoms with Crippen molar-refractivity contribution < 1.29 is 5.11 Å². The van der Waals surface area contributed by atoms with Crippen LogP contribution in [0.15, 0.2) is 53.3 Å². The van der Waals surface area contributed by atoms with Gasteiger partial charge in [0.25, 0.3) is 0 Å². The molecule has 9 heteroatoms. The monoisotopic (exact) mass is 477 g/mol. The Hall–Kier alpha value is -3.17. The molecule has 3 N–H and O–H groups in total. The van der Waals surface area contributed by atoms with E-state index in [-0.39, 0.29) is 12.0 Å². The van der Waals surface area contributed by atoms with Gasteiger partial charge in [0, 0.05) is 23.5 Å². The summed E-state index contributed by atoms with van der Waals surface area (Å²) >= 11 is 3.53. The number of nitrogen functional groups attached to an aromatic ring is 1. The van der Waals surface area contributed by atoms with E-state index in [1.165, 1.54) is 6.33 Å². The summed E-state index contributed by atoms with van der Waals surface area (Å²) in [6.07, 6.45) is 1.06. The molecule has 3 aromatic heterocycles. The lowest BCUT2D eigenvalue weighted by Crippen LogP contribution is -2.22. The molecule has 0 amide bonds. The number of aromatic nitrogens is 5. The zero-order valence-corrected chi connectivity index (χ0v) is 18.4. The number of aliphatic hydroxyl groups is 1. The van der Waals surface area contributed by atoms with E-state index in [0.717, 1.165) is 28.0 Å². The highest BCUT2D eigenvalue weighted by Crippen LogP contribution is 2.34. The molecule has 1 aliphatic rings. The van der Waals surface area contributed by atoms with E-state index in [4.69, 9.17) is 5.73 Å². The van der Waals surface area contributed by atoms with Crippen LogP contribution in [0.3, 0.4) is 0 Å². The van der Waals surface area contributed by atoms with Crippen LogP contribution in [-0.2, 0) is 0 Å². The predicted molar refractivity (Wildman–Crippen MR) is 123 cm³/mol. The minimum absolute atomic E-state index is 0.210. The van der Waals surface area contributed by atoms with Crippen LogP contribution >= 0.6 is 15.9 Å². The van der Waals surface area contributed by atoms with Crippen molar-refractivity contribution in [1.29, 1.82) is 0 Å². The van der Waals surface area contributed by atoms with Gasteiger partial charge < -0.3 is 15.7 Å². The van der Waals surface area contributed by atoms with Crippen molar-refractivity contribution in [3.05, 3.63) is 53.3 Å². The third-order valence-electron chi connectivity index (χ3n) is 5.58. The molecule has 1 aliphatic heterocycles. The summed E-state index contributed by atoms with van der Waals surface area (Å²) < 4.78 is 0.957. The van der Waals surface area contributed by atoms with Crippen LogP contribution in [0.4, 0.5) is 11.6 Å². The molecule has 0 bridgehead atoms. The number of β-amino-alcohol motifs (C(OH)–C–C–N with tert-alkyl or cyclic N) is 1. The molecular formula is C22H20BrN7O. The molecule has 156 valence electrons. The van der Waals surface area contributed by atoms with Crippen LogP contribution in [0.2, 0.25) is 0 Å². The Morgan fingerprint density at radius 1 is 1.06 bits per heavy atom. The zero-order chi connectivity index (χ0) is 21.5. The first-order valence-electron chi connectivity index (χ1n) is 9.94. The fourth-order valence-electron chi connectivity index (χ4n) is 3.87. The number of nitrogens with two attached hydrogens (primary N) is 1. The number of rotatable bonds is 3. The number of aliphatic hydroxyl groups excluding tert-OH is 1. The van der Waals surface area contributed by atoms with E-state index in [2.05, 4.69) is 41.1 Å². The number of hydrogen-bond acceptors (Lipinski definition) is 8. The van der Waals surface area contributed by atoms with Gasteiger partial charge in [-0.3, -0.25) is 0 Å². The van der Waals surface area contributed by atoms with Gasteiger partial charge >= 0.3 is 0 Å². The Balaban J connectivity index is 1.59. The summed E-state index contributed by atoms with van der Waals surface area (Å²) in [6.45, 7) is 3.35. The largest absolute Gasteiger partial charge is 0.391 e. The van der Waals surface area contributed by atoms with Crippen LogP contribution < -0.4 is 10.6 Å². The molecule has 5 rings (SSSR count). The molecule has 8 nitrogen and oxygen atoms in total. The number of fused-ring (bicyclic) bond motifs is 1. The van der Waals surface area contributed by atoms with Crippen molar-refractivity contribution >= 4 is 38.6 Å². The lowest BCUT2D eigenvalue weighted by atomic mass is 10.0. The Labute approximate surface area is 187 Å². The Morgan fingerprint density at radius 2 is 1.94 bits per heavy atom. The number of benzene rings is 1. The summed E-state index contributed by atoms with van der Waals surface area (Å²) in [7, 11) is 0. The number of nitrogens with zero attached hydrogens (tertiary/aromatic N) is 6. The molecule has 1 saturated heterocycles. The van der Waals surface area contributed by atoms with Crippen molar-refractivity contribution in [1.82, 2.24) is 25.1 Å². The molecule has 4 aromatic rings. The fourth-order valence-corrected chi connectivity index (χ4v) is 4.27. The number of hydrogen-bond donors (Lipinski definition) is 2. The quantitative estimate of drug-likeness (QED) is 0.461. The van der Waals surface area contributed by atoms with Crippen LogP contribution in [0.1, 0.15) is 6.92 Å². The summed E-state index contributed by atoms with van der Waals surface area (Å²) in [5.41, 5.74) is 9.80. The van der Waals surface area contributed by atoms with Gasteiger partial charge in [0.15, 0.2) is 11.5 Å². The van der Waals surface area contributed by atoms with Gasteiger partial charge in [0.2, 0.25) is 0 Å². The van der Waals surface area contributed by atoms with E-state index < -0.39 is 0 Å². The predicted octanol–water partition coefficient (Wildman–Crippen LogP) is 3.31. The van der Waals surface area contributed by atoms with Gasteiger partial charge in [-0.05, 0) is 41.5 Å². The summed E-state index contributed by atoms with van der Waals surface area (Å²) in [5.74, 6) is 1.33. The number of pyridine rings is 1. The van der Waals surface area contributed by atoms with E-state index in [0.29, 0.717) is 34.8 Å². The molecule has 0 aliphatic carbocycles. The standard InChI is InChI=1S/C22H20BrN7O/c1-12-9-30(10-18(12)31)19-6-5-16(28-29-19)17-8-15(13-3-2-4-14(23)7-13)20-21(24)25-11-26-22(20)27-17/h2-8,11-12,18,31H,9-10H2,1H3,(H2,24,25,26,27)/t12-,18+/m0/s1. The van der Waals surface area contributed by atoms with Crippen molar-refractivity contribution in [2.24, 2.45) is 5.92 Å². The van der Waals surface area contributed by atoms with Crippen LogP contribution in [-0.4, -0.2) is 49.4 Å². The van der Waals surface area contributed by atoms with Crippen LogP contribution in [0.25, 0.3) is 33.5 Å². The SMILES string of the molecule is C[C@H]1CN(c2ccc(-c3cc(-c4cccc(Br)c4)c4c(N)ncnc4n3)nn2)C[C@H]1O. The zero-order valence-electron chi connectivity index (χ0n) is 16.8. The maximum Gasteiger partial charge on any atom is 0.165 e. The maximum absolute atomic E-state index is 10.0. The number of halogens is 1. The average molecular weight is 478 g/mol. The van der Waals surface area contributed by atoms with E-state index in [1.807, 2.05) is 54.3 Å². The minimum Gasteiger partial charge on any atom is -0.391 e. The summed E-state index contributed by atoms with van der Waals surface area (Å²) in [6, 6.07) is 13.7. The van der Waals surface area contributed by atoms with Gasteiger partial charge in [-0.25, -0.2) is 15.0 Å². The second kappa shape index (κ2) is 7.82. The molecule has 2 atom stereocenters. The topological polar surface area (TPSA) is 114 Å². The highest BCUT2D eigenvalue weighted by molar-refractivity contribution is 9.10. The molecule has 0 spiro atoms. The third-order valence-corrected chi connectivity index (χ3v) is 6.07. The van der Waals surface area contributed by atoms with Crippen molar-refractivity contribution in [3.8, 4) is 22.5 Å². The third kappa shape index (κ3) is 3.70. The van der Waals surface area contributed by atoms with Gasteiger partial charge in [-0.1, -0.05) is 35.0 Å². The lowest BCUT2D eigenvalue weighted by Gasteiger charge is -2.16. The first kappa shape index (κ1) is 19.8. The highest BCUT2D eigenvalue weighted by Gasteiger charge is 2.28. The van der Waals surface area contributed by atoms with Gasteiger partial charge in [0.1, 0.15) is 17.8 Å². The molecular weight excluding hydrogens is 458 g/mol. The second-order valence-electron chi connectivity index (χ2n) is 7.75. The number of anilines is 2. The molecule has 4 heterocycles. The van der Waals surface area contributed by atoms with Gasteiger partial charge in [0.05, 0.1) is 17.2 Å². The van der Waals surface area contributed by atoms with Crippen molar-refractivity contribution in [2.75, 3.05) is 23.7 Å². The molecule has 0 radical (unpaired) electrons. The smallest absolute Gasteiger partial charge is 0.165 e. The summed E-state index contributed by atoms with van der Waals surface area (Å²) in [5, 5.41) is 19.5. The van der Waals surface area contributed by atoms with Crippen LogP contribution in [0, 0.1) is 5.92 Å². The Bertz CT molecular complexity index is 1250. The lowest BCUT2D eigenvalue weighted by molar-refractivity contribution is 0.157. The Kier molecular flexibility index (Phi) is 4.99. The molecule has 1 fully saturated rings. The minimum atomic E-state index is -0.346. The summed E-state index contributed by atoms with van der Waals surface area (Å²) in [4.78, 5) is 15.2. The molecule has 0 unspecified atom stereocenters. The fraction of sp³-hybridized carbons (Fsp3) is 0.227. The van der Waals surface area contributed by atoms with E-state index in [1.54, 1.807) is 0 Å². The van der Waals surface area contributed by atoms with Gasteiger partial charge in [-0.2, -0.15) is 0 Å². The maximum atomic E-state index is 10.0. The normalized spacial score (nSPS) is 18.6. The average Bonchev–Trinajstić information content (AvgIpc) is 3.11. The first-order valence-corrected chi connectivity index (χ1v) is 10.7. The van der Waals surface area contributed by atoms with Gasteiger partial charge in [-0.15, -0.1) is 10.2 Å². The Morgan fingerprint density at radius 3 is 2.65 bits per heavy atom. The van der Waals surface area contributed by atoms with E-state index in [9.17, 15) is 5.11 Å². The van der Waals surface area contributed by atoms with Crippen molar-refractivity contribution in [3.63, 3.8) is 0 Å².